The van der Waals surface area contributed by atoms with Crippen molar-refractivity contribution < 1.29 is 4.79 Å². The molecule has 1 spiro atoms. The molecule has 2 aliphatic heterocycles. The summed E-state index contributed by atoms with van der Waals surface area (Å²) in [6, 6.07) is 20.3. The molecule has 2 atom stereocenters. The zero-order valence-electron chi connectivity index (χ0n) is 18.0. The number of piperidine rings is 1. The molecule has 158 valence electrons. The fraction of sp³-hybridized carbons (Fsp3) is 0.500. The zero-order chi connectivity index (χ0) is 20.6. The number of likely N-dealkylation sites (tertiary alicyclic amines) is 1. The molecule has 3 fully saturated rings. The molecule has 1 amide bonds. The van der Waals surface area contributed by atoms with Crippen molar-refractivity contribution in [2.45, 2.75) is 62.9 Å². The summed E-state index contributed by atoms with van der Waals surface area (Å²) in [5.41, 5.74) is 3.52. The zero-order valence-corrected chi connectivity index (χ0v) is 18.0. The summed E-state index contributed by atoms with van der Waals surface area (Å²) in [4.78, 5) is 18.0. The highest BCUT2D eigenvalue weighted by molar-refractivity contribution is 5.93. The van der Waals surface area contributed by atoms with Crippen LogP contribution in [0.4, 0.5) is 5.69 Å². The van der Waals surface area contributed by atoms with Gasteiger partial charge in [0, 0.05) is 24.8 Å². The van der Waals surface area contributed by atoms with Gasteiger partial charge in [0.1, 0.15) is 5.54 Å². The van der Waals surface area contributed by atoms with Gasteiger partial charge in [-0.1, -0.05) is 60.9 Å². The van der Waals surface area contributed by atoms with Gasteiger partial charge in [-0.05, 0) is 56.2 Å². The van der Waals surface area contributed by atoms with Gasteiger partial charge >= 0.3 is 0 Å². The molecular weight excluding hydrogens is 370 g/mol. The molecule has 4 heteroatoms. The summed E-state index contributed by atoms with van der Waals surface area (Å²) in [5.74, 6) is 0.839. The largest absolute Gasteiger partial charge is 0.339 e. The first kappa shape index (κ1) is 19.6. The quantitative estimate of drug-likeness (QED) is 0.822. The van der Waals surface area contributed by atoms with Crippen molar-refractivity contribution >= 4 is 11.6 Å². The van der Waals surface area contributed by atoms with Crippen molar-refractivity contribution in [2.75, 3.05) is 24.7 Å². The number of hydrogen-bond donors (Lipinski definition) is 1. The van der Waals surface area contributed by atoms with Crippen LogP contribution in [-0.2, 0) is 4.79 Å². The third-order valence-corrected chi connectivity index (χ3v) is 7.73. The predicted octanol–water partition coefficient (Wildman–Crippen LogP) is 4.45. The maximum Gasteiger partial charge on any atom is 0.247 e. The van der Waals surface area contributed by atoms with Crippen LogP contribution in [0.15, 0.2) is 54.6 Å². The molecule has 2 saturated heterocycles. The molecule has 0 bridgehead atoms. The minimum atomic E-state index is -0.386. The number of amides is 1. The van der Waals surface area contributed by atoms with Crippen LogP contribution in [0.2, 0.25) is 0 Å². The van der Waals surface area contributed by atoms with Crippen molar-refractivity contribution in [3.8, 4) is 0 Å². The molecule has 1 saturated carbocycles. The first-order chi connectivity index (χ1) is 14.7. The van der Waals surface area contributed by atoms with Crippen molar-refractivity contribution in [1.29, 1.82) is 0 Å². The summed E-state index contributed by atoms with van der Waals surface area (Å²) in [6.07, 6.45) is 7.03. The number of carbonyl (C=O) groups is 1. The molecule has 2 heterocycles. The van der Waals surface area contributed by atoms with Crippen molar-refractivity contribution in [1.82, 2.24) is 10.2 Å². The molecule has 3 aliphatic rings. The number of benzene rings is 2. The summed E-state index contributed by atoms with van der Waals surface area (Å²) < 4.78 is 0. The van der Waals surface area contributed by atoms with Crippen molar-refractivity contribution in [3.63, 3.8) is 0 Å². The first-order valence-electron chi connectivity index (χ1n) is 11.6. The molecule has 30 heavy (non-hydrogen) atoms. The summed E-state index contributed by atoms with van der Waals surface area (Å²) in [7, 11) is 0. The highest BCUT2D eigenvalue weighted by Gasteiger charge is 2.51. The normalized spacial score (nSPS) is 26.7. The Bertz CT molecular complexity index is 871. The van der Waals surface area contributed by atoms with Gasteiger partial charge in [-0.2, -0.15) is 0 Å². The van der Waals surface area contributed by atoms with Gasteiger partial charge in [0.05, 0.1) is 6.67 Å². The van der Waals surface area contributed by atoms with E-state index in [-0.39, 0.29) is 11.4 Å². The Kier molecular flexibility index (Phi) is 5.28. The monoisotopic (exact) mass is 403 g/mol. The Morgan fingerprint density at radius 3 is 2.37 bits per heavy atom. The topological polar surface area (TPSA) is 35.6 Å². The van der Waals surface area contributed by atoms with Gasteiger partial charge in [-0.3, -0.25) is 9.69 Å². The second-order valence-electron chi connectivity index (χ2n) is 9.36. The number of nitrogens with zero attached hydrogens (tertiary/aromatic N) is 2. The van der Waals surface area contributed by atoms with E-state index in [0.29, 0.717) is 18.6 Å². The van der Waals surface area contributed by atoms with E-state index in [1.807, 2.05) is 0 Å². The van der Waals surface area contributed by atoms with Gasteiger partial charge in [0.25, 0.3) is 0 Å². The highest BCUT2D eigenvalue weighted by atomic mass is 16.2. The van der Waals surface area contributed by atoms with Crippen molar-refractivity contribution in [3.05, 3.63) is 65.7 Å². The highest BCUT2D eigenvalue weighted by Crippen LogP contribution is 2.41. The average molecular weight is 404 g/mol. The van der Waals surface area contributed by atoms with Crippen LogP contribution in [0.25, 0.3) is 0 Å². The lowest BCUT2D eigenvalue weighted by Gasteiger charge is -2.48. The van der Waals surface area contributed by atoms with Gasteiger partial charge in [0.15, 0.2) is 0 Å². The van der Waals surface area contributed by atoms with Crippen LogP contribution in [-0.4, -0.2) is 42.1 Å². The average Bonchev–Trinajstić information content (AvgIpc) is 3.11. The number of nitrogens with one attached hydrogen (secondary N) is 1. The molecule has 5 rings (SSSR count). The smallest absolute Gasteiger partial charge is 0.247 e. The Hall–Kier alpha value is -2.33. The summed E-state index contributed by atoms with van der Waals surface area (Å²) in [6.45, 7) is 4.74. The van der Waals surface area contributed by atoms with Crippen LogP contribution in [0.1, 0.15) is 55.6 Å². The molecule has 0 unspecified atom stereocenters. The lowest BCUT2D eigenvalue weighted by molar-refractivity contribution is -0.125. The Morgan fingerprint density at radius 2 is 1.63 bits per heavy atom. The van der Waals surface area contributed by atoms with Gasteiger partial charge in [-0.15, -0.1) is 0 Å². The van der Waals surface area contributed by atoms with Crippen LogP contribution in [0, 0.1) is 6.92 Å². The minimum absolute atomic E-state index is 0.214. The van der Waals surface area contributed by atoms with E-state index >= 15 is 0 Å². The Balaban J connectivity index is 1.34. The summed E-state index contributed by atoms with van der Waals surface area (Å²) in [5, 5.41) is 3.14. The standard InChI is InChI=1S/C26H33N3O/c1-20-11-13-22(14-12-20)29-19-27-25(30)26(29)15-17-28(18-16-26)24-10-6-5-9-23(24)21-7-3-2-4-8-21/h2-4,7-8,11-14,23-24H,5-6,9-10,15-19H2,1H3,(H,27,30)/t23-,24-/m0/s1. The van der Waals surface area contributed by atoms with E-state index in [9.17, 15) is 4.79 Å². The van der Waals surface area contributed by atoms with Crippen LogP contribution in [0.3, 0.4) is 0 Å². The second kappa shape index (κ2) is 8.07. The fourth-order valence-electron chi connectivity index (χ4n) is 6.01. The van der Waals surface area contributed by atoms with Crippen molar-refractivity contribution in [2.24, 2.45) is 0 Å². The maximum atomic E-state index is 13.0. The lowest BCUT2D eigenvalue weighted by atomic mass is 9.77. The predicted molar refractivity (Wildman–Crippen MR) is 122 cm³/mol. The molecule has 4 nitrogen and oxygen atoms in total. The van der Waals surface area contributed by atoms with Gasteiger partial charge < -0.3 is 10.2 Å². The minimum Gasteiger partial charge on any atom is -0.339 e. The third kappa shape index (κ3) is 3.41. The fourth-order valence-corrected chi connectivity index (χ4v) is 6.01. The molecule has 0 radical (unpaired) electrons. The van der Waals surface area contributed by atoms with E-state index < -0.39 is 0 Å². The number of hydrogen-bond acceptors (Lipinski definition) is 3. The summed E-state index contributed by atoms with van der Waals surface area (Å²) >= 11 is 0. The third-order valence-electron chi connectivity index (χ3n) is 7.73. The molecular formula is C26H33N3O. The van der Waals surface area contributed by atoms with E-state index in [0.717, 1.165) is 31.6 Å². The van der Waals surface area contributed by atoms with E-state index in [1.54, 1.807) is 0 Å². The maximum absolute atomic E-state index is 13.0. The lowest BCUT2D eigenvalue weighted by Crippen LogP contribution is -2.58. The van der Waals surface area contributed by atoms with Crippen LogP contribution >= 0.6 is 0 Å². The number of carbonyl (C=O) groups excluding carboxylic acids is 1. The van der Waals surface area contributed by atoms with Gasteiger partial charge in [-0.25, -0.2) is 0 Å². The first-order valence-corrected chi connectivity index (χ1v) is 11.6. The van der Waals surface area contributed by atoms with Gasteiger partial charge in [0.2, 0.25) is 5.91 Å². The number of anilines is 1. The van der Waals surface area contributed by atoms with E-state index in [4.69, 9.17) is 0 Å². The molecule has 1 aliphatic carbocycles. The SMILES string of the molecule is Cc1ccc(N2CNC(=O)C23CCN([C@H]2CCCC[C@H]2c2ccccc2)CC3)cc1. The van der Waals surface area contributed by atoms with Crippen LogP contribution < -0.4 is 10.2 Å². The Morgan fingerprint density at radius 1 is 0.933 bits per heavy atom. The molecule has 2 aromatic carbocycles. The van der Waals surface area contributed by atoms with Crippen LogP contribution in [0.5, 0.6) is 0 Å². The molecule has 1 N–H and O–H groups in total. The second-order valence-corrected chi connectivity index (χ2v) is 9.36. The number of aryl methyl sites for hydroxylation is 1. The molecule has 2 aromatic rings. The number of rotatable bonds is 3. The van der Waals surface area contributed by atoms with E-state index in [2.05, 4.69) is 76.6 Å². The molecule has 0 aromatic heterocycles. The Labute approximate surface area is 180 Å². The van der Waals surface area contributed by atoms with E-state index in [1.165, 1.54) is 36.8 Å².